The molecule has 2 rings (SSSR count). The van der Waals surface area contributed by atoms with E-state index in [1.807, 2.05) is 6.07 Å². The number of halogens is 2. The average Bonchev–Trinajstić information content (AvgIpc) is 2.46. The van der Waals surface area contributed by atoms with Crippen molar-refractivity contribution in [2.75, 3.05) is 6.61 Å². The highest BCUT2D eigenvalue weighted by Crippen LogP contribution is 2.18. The summed E-state index contributed by atoms with van der Waals surface area (Å²) in [5, 5.41) is 9.15. The minimum Gasteiger partial charge on any atom is -0.482 e. The Morgan fingerprint density at radius 2 is 1.95 bits per heavy atom. The Hall–Kier alpha value is -2.38. The molecule has 100 valence electrons. The number of ketones is 1. The van der Waals surface area contributed by atoms with Crippen LogP contribution in [0.2, 0.25) is 5.02 Å². The van der Waals surface area contributed by atoms with Crippen LogP contribution in [0.4, 0.5) is 4.39 Å². The molecule has 5 heteroatoms. The average molecular weight is 290 g/mol. The third kappa shape index (κ3) is 3.34. The van der Waals surface area contributed by atoms with Crippen molar-refractivity contribution in [3.8, 4) is 11.8 Å². The van der Waals surface area contributed by atoms with Gasteiger partial charge in [0.1, 0.15) is 0 Å². The van der Waals surface area contributed by atoms with Gasteiger partial charge in [0, 0.05) is 10.6 Å². The number of rotatable bonds is 4. The molecule has 0 amide bonds. The maximum atomic E-state index is 13.5. The Bertz CT molecular complexity index is 677. The molecule has 0 heterocycles. The molecular weight excluding hydrogens is 281 g/mol. The van der Waals surface area contributed by atoms with Crippen LogP contribution < -0.4 is 4.74 Å². The lowest BCUT2D eigenvalue weighted by Crippen LogP contribution is -2.12. The van der Waals surface area contributed by atoms with Gasteiger partial charge in [-0.2, -0.15) is 5.26 Å². The van der Waals surface area contributed by atoms with Gasteiger partial charge in [0.2, 0.25) is 0 Å². The third-order valence-corrected chi connectivity index (χ3v) is 2.84. The molecule has 0 spiro atoms. The predicted molar refractivity (Wildman–Crippen MR) is 72.4 cm³/mol. The second-order valence-electron chi connectivity index (χ2n) is 3.98. The topological polar surface area (TPSA) is 50.1 Å². The van der Waals surface area contributed by atoms with Gasteiger partial charge in [0.15, 0.2) is 24.0 Å². The summed E-state index contributed by atoms with van der Waals surface area (Å²) < 4.78 is 18.7. The monoisotopic (exact) mass is 289 g/mol. The molecule has 0 unspecified atom stereocenters. The quantitative estimate of drug-likeness (QED) is 0.808. The normalized spacial score (nSPS) is 9.85. The summed E-state index contributed by atoms with van der Waals surface area (Å²) >= 11 is 5.72. The fourth-order valence-corrected chi connectivity index (χ4v) is 1.68. The molecule has 0 fully saturated rings. The van der Waals surface area contributed by atoms with E-state index in [1.54, 1.807) is 24.3 Å². The Labute approximate surface area is 120 Å². The van der Waals surface area contributed by atoms with Crippen molar-refractivity contribution in [2.45, 2.75) is 0 Å². The molecule has 3 nitrogen and oxygen atoms in total. The van der Waals surface area contributed by atoms with Gasteiger partial charge < -0.3 is 4.74 Å². The van der Waals surface area contributed by atoms with Gasteiger partial charge in [-0.3, -0.25) is 4.79 Å². The third-order valence-electron chi connectivity index (χ3n) is 2.59. The summed E-state index contributed by atoms with van der Waals surface area (Å²) in [5.74, 6) is -1.02. The van der Waals surface area contributed by atoms with Crippen LogP contribution in [0.5, 0.6) is 5.75 Å². The summed E-state index contributed by atoms with van der Waals surface area (Å²) in [6.45, 7) is -0.287. The van der Waals surface area contributed by atoms with Gasteiger partial charge in [0.25, 0.3) is 0 Å². The van der Waals surface area contributed by atoms with Crippen LogP contribution in [0.3, 0.4) is 0 Å². The number of nitrogens with zero attached hydrogens (tertiary/aromatic N) is 1. The SMILES string of the molecule is N#Cc1ccc(OCC(=O)c2ccc(Cl)cc2)c(F)c1. The van der Waals surface area contributed by atoms with Crippen LogP contribution >= 0.6 is 11.6 Å². The Kier molecular flexibility index (Phi) is 4.34. The largest absolute Gasteiger partial charge is 0.482 e. The smallest absolute Gasteiger partial charge is 0.200 e. The number of ether oxygens (including phenoxy) is 1. The molecule has 0 atom stereocenters. The number of hydrogen-bond acceptors (Lipinski definition) is 3. The molecule has 0 aromatic heterocycles. The molecular formula is C15H9ClFNO2. The van der Waals surface area contributed by atoms with Gasteiger partial charge >= 0.3 is 0 Å². The van der Waals surface area contributed by atoms with Gasteiger partial charge in [-0.05, 0) is 42.5 Å². The van der Waals surface area contributed by atoms with Crippen molar-refractivity contribution in [3.63, 3.8) is 0 Å². The lowest BCUT2D eigenvalue weighted by atomic mass is 10.1. The molecule has 20 heavy (non-hydrogen) atoms. The second-order valence-corrected chi connectivity index (χ2v) is 4.41. The van der Waals surface area contributed by atoms with E-state index in [2.05, 4.69) is 0 Å². The van der Waals surface area contributed by atoms with E-state index in [0.717, 1.165) is 6.07 Å². The first-order chi connectivity index (χ1) is 9.60. The van der Waals surface area contributed by atoms with Crippen LogP contribution in [0.1, 0.15) is 15.9 Å². The van der Waals surface area contributed by atoms with Crippen molar-refractivity contribution >= 4 is 17.4 Å². The zero-order valence-corrected chi connectivity index (χ0v) is 11.0. The molecule has 0 radical (unpaired) electrons. The van der Waals surface area contributed by atoms with Gasteiger partial charge in [-0.15, -0.1) is 0 Å². The van der Waals surface area contributed by atoms with Crippen molar-refractivity contribution in [2.24, 2.45) is 0 Å². The van der Waals surface area contributed by atoms with E-state index in [-0.39, 0.29) is 23.7 Å². The second kappa shape index (κ2) is 6.18. The van der Waals surface area contributed by atoms with E-state index in [1.165, 1.54) is 12.1 Å². The standard InChI is InChI=1S/C15H9ClFNO2/c16-12-4-2-11(3-5-12)14(19)9-20-15-6-1-10(8-18)7-13(15)17/h1-7H,9H2. The number of benzene rings is 2. The molecule has 0 aliphatic heterocycles. The highest BCUT2D eigenvalue weighted by molar-refractivity contribution is 6.30. The minimum absolute atomic E-state index is 0.0636. The van der Waals surface area contributed by atoms with Crippen LogP contribution in [-0.4, -0.2) is 12.4 Å². The first kappa shape index (κ1) is 14.0. The molecule has 0 aliphatic carbocycles. The van der Waals surface area contributed by atoms with E-state index >= 15 is 0 Å². The highest BCUT2D eigenvalue weighted by atomic mass is 35.5. The number of Topliss-reactive ketones (excluding diaryl/α,β-unsaturated/α-hetero) is 1. The van der Waals surface area contributed by atoms with Crippen molar-refractivity contribution in [1.29, 1.82) is 5.26 Å². The number of hydrogen-bond donors (Lipinski definition) is 0. The lowest BCUT2D eigenvalue weighted by molar-refractivity contribution is 0.0919. The van der Waals surface area contributed by atoms with E-state index < -0.39 is 5.82 Å². The van der Waals surface area contributed by atoms with E-state index in [4.69, 9.17) is 21.6 Å². The Morgan fingerprint density at radius 1 is 1.25 bits per heavy atom. The lowest BCUT2D eigenvalue weighted by Gasteiger charge is -2.06. The van der Waals surface area contributed by atoms with Crippen molar-refractivity contribution < 1.29 is 13.9 Å². The molecule has 2 aromatic carbocycles. The summed E-state index contributed by atoms with van der Waals surface area (Å²) in [4.78, 5) is 11.8. The molecule has 2 aromatic rings. The first-order valence-electron chi connectivity index (χ1n) is 5.71. The zero-order valence-electron chi connectivity index (χ0n) is 10.3. The van der Waals surface area contributed by atoms with Crippen LogP contribution in [-0.2, 0) is 0 Å². The van der Waals surface area contributed by atoms with Crippen LogP contribution in [0, 0.1) is 17.1 Å². The summed E-state index contributed by atoms with van der Waals surface area (Å²) in [5.41, 5.74) is 0.627. The summed E-state index contributed by atoms with van der Waals surface area (Å²) in [6, 6.07) is 12.0. The predicted octanol–water partition coefficient (Wildman–Crippen LogP) is 3.61. The van der Waals surface area contributed by atoms with Gasteiger partial charge in [-0.1, -0.05) is 11.6 Å². The van der Waals surface area contributed by atoms with Crippen LogP contribution in [0.25, 0.3) is 0 Å². The molecule has 0 saturated heterocycles. The van der Waals surface area contributed by atoms with Crippen molar-refractivity contribution in [3.05, 3.63) is 64.4 Å². The first-order valence-corrected chi connectivity index (χ1v) is 6.09. The maximum absolute atomic E-state index is 13.5. The minimum atomic E-state index is -0.673. The maximum Gasteiger partial charge on any atom is 0.200 e. The van der Waals surface area contributed by atoms with Crippen molar-refractivity contribution in [1.82, 2.24) is 0 Å². The van der Waals surface area contributed by atoms with Gasteiger partial charge in [-0.25, -0.2) is 4.39 Å². The Balaban J connectivity index is 2.04. The highest BCUT2D eigenvalue weighted by Gasteiger charge is 2.09. The zero-order chi connectivity index (χ0) is 14.5. The molecule has 0 N–H and O–H groups in total. The van der Waals surface area contributed by atoms with Crippen LogP contribution in [0.15, 0.2) is 42.5 Å². The fraction of sp³-hybridized carbons (Fsp3) is 0.0667. The van der Waals surface area contributed by atoms with E-state index in [0.29, 0.717) is 10.6 Å². The number of nitriles is 1. The molecule has 0 saturated carbocycles. The van der Waals surface area contributed by atoms with Gasteiger partial charge in [0.05, 0.1) is 11.6 Å². The van der Waals surface area contributed by atoms with E-state index in [9.17, 15) is 9.18 Å². The number of carbonyl (C=O) groups is 1. The summed E-state index contributed by atoms with van der Waals surface area (Å²) in [7, 11) is 0. The fourth-order valence-electron chi connectivity index (χ4n) is 1.55. The summed E-state index contributed by atoms with van der Waals surface area (Å²) in [6.07, 6.45) is 0. The Morgan fingerprint density at radius 3 is 2.55 bits per heavy atom. The molecule has 0 aliphatic rings. The number of carbonyl (C=O) groups excluding carboxylic acids is 1. The molecule has 0 bridgehead atoms.